The molecule has 2 aliphatic rings. The van der Waals surface area contributed by atoms with Crippen LogP contribution in [0.25, 0.3) is 0 Å². The fourth-order valence-electron chi connectivity index (χ4n) is 3.77. The highest BCUT2D eigenvalue weighted by molar-refractivity contribution is 6.09. The van der Waals surface area contributed by atoms with Crippen molar-refractivity contribution < 1.29 is 9.59 Å². The molecule has 0 aromatic heterocycles. The summed E-state index contributed by atoms with van der Waals surface area (Å²) in [6, 6.07) is 7.81. The van der Waals surface area contributed by atoms with Crippen LogP contribution in [0.15, 0.2) is 84.1 Å². The topological polar surface area (TPSA) is 43.9 Å². The summed E-state index contributed by atoms with van der Waals surface area (Å²) in [7, 11) is 3.52. The van der Waals surface area contributed by atoms with E-state index in [1.54, 1.807) is 19.0 Å². The zero-order valence-electron chi connectivity index (χ0n) is 18.0. The fraction of sp³-hybridized carbons (Fsp3) is 0.280. The first-order chi connectivity index (χ1) is 14.3. The lowest BCUT2D eigenvalue weighted by Crippen LogP contribution is -2.45. The summed E-state index contributed by atoms with van der Waals surface area (Å²) < 4.78 is 0. The molecule has 156 valence electrons. The molecule has 1 aliphatic carbocycles. The standard InChI is InChI=1S/C25H29N3O2/c1-6-23(29)24-18(2)7-8-21(24)17-19(3)27-13-15-28(16-14-27)22-11-9-20(10-12-22)25(30)26(4)5/h6-12,17H,1-2,13-16H2,3-5H3/b19-17+. The Balaban J connectivity index is 1.66. The Bertz CT molecular complexity index is 957. The van der Waals surface area contributed by atoms with Crippen LogP contribution < -0.4 is 4.90 Å². The number of piperazine rings is 1. The van der Waals surface area contributed by atoms with Gasteiger partial charge in [-0.1, -0.05) is 25.3 Å². The van der Waals surface area contributed by atoms with Crippen LogP contribution in [0.3, 0.4) is 0 Å². The maximum atomic E-state index is 12.1. The van der Waals surface area contributed by atoms with Gasteiger partial charge in [-0.25, -0.2) is 0 Å². The number of carbonyl (C=O) groups excluding carboxylic acids is 2. The summed E-state index contributed by atoms with van der Waals surface area (Å²) in [4.78, 5) is 30.4. The first-order valence-corrected chi connectivity index (χ1v) is 10.1. The maximum Gasteiger partial charge on any atom is 0.253 e. The quantitative estimate of drug-likeness (QED) is 0.681. The largest absolute Gasteiger partial charge is 0.371 e. The smallest absolute Gasteiger partial charge is 0.253 e. The van der Waals surface area contributed by atoms with E-state index in [1.807, 2.05) is 36.4 Å². The van der Waals surface area contributed by atoms with Gasteiger partial charge in [0.2, 0.25) is 0 Å². The average Bonchev–Trinajstić information content (AvgIpc) is 3.12. The second-order valence-electron chi connectivity index (χ2n) is 7.76. The summed E-state index contributed by atoms with van der Waals surface area (Å²) in [5, 5.41) is 0. The van der Waals surface area contributed by atoms with Crippen LogP contribution in [0.5, 0.6) is 0 Å². The molecular weight excluding hydrogens is 374 g/mol. The average molecular weight is 404 g/mol. The summed E-state index contributed by atoms with van der Waals surface area (Å²) in [5.41, 5.74) is 5.22. The van der Waals surface area contributed by atoms with Gasteiger partial charge in [-0.05, 0) is 54.5 Å². The normalized spacial score (nSPS) is 16.9. The first kappa shape index (κ1) is 21.4. The number of ketones is 1. The fourth-order valence-corrected chi connectivity index (χ4v) is 3.77. The van der Waals surface area contributed by atoms with Crippen LogP contribution in [0, 0.1) is 0 Å². The predicted molar refractivity (Wildman–Crippen MR) is 123 cm³/mol. The zero-order chi connectivity index (χ0) is 21.8. The van der Waals surface area contributed by atoms with E-state index < -0.39 is 0 Å². The van der Waals surface area contributed by atoms with Crippen LogP contribution in [0.4, 0.5) is 5.69 Å². The van der Waals surface area contributed by atoms with E-state index in [0.717, 1.165) is 48.7 Å². The molecule has 0 N–H and O–H groups in total. The Morgan fingerprint density at radius 1 is 1.03 bits per heavy atom. The highest BCUT2D eigenvalue weighted by Gasteiger charge is 2.20. The molecule has 1 aliphatic heterocycles. The maximum absolute atomic E-state index is 12.1. The number of benzene rings is 1. The second-order valence-corrected chi connectivity index (χ2v) is 7.76. The van der Waals surface area contributed by atoms with Gasteiger partial charge in [0.1, 0.15) is 0 Å². The number of nitrogens with zero attached hydrogens (tertiary/aromatic N) is 3. The number of rotatable bonds is 6. The molecule has 0 unspecified atom stereocenters. The van der Waals surface area contributed by atoms with Crippen LogP contribution in [-0.4, -0.2) is 61.8 Å². The third-order valence-corrected chi connectivity index (χ3v) is 5.53. The molecule has 0 spiro atoms. The molecule has 1 fully saturated rings. The molecule has 0 atom stereocenters. The van der Waals surface area contributed by atoms with Crippen LogP contribution >= 0.6 is 0 Å². The van der Waals surface area contributed by atoms with E-state index in [0.29, 0.717) is 11.1 Å². The number of anilines is 1. The van der Waals surface area contributed by atoms with Crippen LogP contribution in [0.1, 0.15) is 17.3 Å². The zero-order valence-corrected chi connectivity index (χ0v) is 18.0. The lowest BCUT2D eigenvalue weighted by atomic mass is 10.0. The number of hydrogen-bond donors (Lipinski definition) is 0. The Labute approximate surface area is 179 Å². The van der Waals surface area contributed by atoms with Gasteiger partial charge < -0.3 is 14.7 Å². The molecule has 5 heteroatoms. The number of hydrogen-bond acceptors (Lipinski definition) is 4. The van der Waals surface area contributed by atoms with Gasteiger partial charge in [-0.3, -0.25) is 9.59 Å². The van der Waals surface area contributed by atoms with E-state index in [1.165, 1.54) is 6.08 Å². The predicted octanol–water partition coefficient (Wildman–Crippen LogP) is 3.59. The third-order valence-electron chi connectivity index (χ3n) is 5.53. The number of allylic oxidation sites excluding steroid dienone is 8. The lowest BCUT2D eigenvalue weighted by Gasteiger charge is -2.38. The van der Waals surface area contributed by atoms with Crippen molar-refractivity contribution in [3.8, 4) is 0 Å². The van der Waals surface area contributed by atoms with Crippen LogP contribution in [-0.2, 0) is 4.79 Å². The second kappa shape index (κ2) is 8.99. The van der Waals surface area contributed by atoms with E-state index in [9.17, 15) is 9.59 Å². The molecule has 1 aromatic rings. The van der Waals surface area contributed by atoms with E-state index >= 15 is 0 Å². The highest BCUT2D eigenvalue weighted by atomic mass is 16.2. The lowest BCUT2D eigenvalue weighted by molar-refractivity contribution is -0.111. The molecule has 5 nitrogen and oxygen atoms in total. The Morgan fingerprint density at radius 2 is 1.67 bits per heavy atom. The minimum atomic E-state index is -0.0925. The molecule has 1 amide bonds. The Hall–Kier alpha value is -3.34. The monoisotopic (exact) mass is 403 g/mol. The molecule has 0 radical (unpaired) electrons. The minimum Gasteiger partial charge on any atom is -0.371 e. The van der Waals surface area contributed by atoms with Gasteiger partial charge in [0.25, 0.3) is 5.91 Å². The Morgan fingerprint density at radius 3 is 2.23 bits per heavy atom. The molecule has 0 saturated carbocycles. The van der Waals surface area contributed by atoms with Crippen LogP contribution in [0.2, 0.25) is 0 Å². The molecule has 3 rings (SSSR count). The SMILES string of the molecule is C=CC(=O)C1=C(/C=C(\C)N2CCN(c3ccc(C(=O)N(C)C)cc3)CC2)C=CC1=C. The summed E-state index contributed by atoms with van der Waals surface area (Å²) >= 11 is 0. The summed E-state index contributed by atoms with van der Waals surface area (Å²) in [6.07, 6.45) is 7.21. The third kappa shape index (κ3) is 4.46. The van der Waals surface area contributed by atoms with Gasteiger partial charge in [0.05, 0.1) is 0 Å². The van der Waals surface area contributed by atoms with E-state index in [2.05, 4.69) is 36.0 Å². The minimum absolute atomic E-state index is 0.0133. The van der Waals surface area contributed by atoms with Crippen molar-refractivity contribution in [3.63, 3.8) is 0 Å². The number of carbonyl (C=O) groups is 2. The molecule has 1 heterocycles. The highest BCUT2D eigenvalue weighted by Crippen LogP contribution is 2.27. The van der Waals surface area contributed by atoms with Gasteiger partial charge in [0.15, 0.2) is 5.78 Å². The van der Waals surface area contributed by atoms with E-state index in [-0.39, 0.29) is 11.7 Å². The van der Waals surface area contributed by atoms with Crippen molar-refractivity contribution in [2.45, 2.75) is 6.92 Å². The van der Waals surface area contributed by atoms with Gasteiger partial charge >= 0.3 is 0 Å². The Kier molecular flexibility index (Phi) is 6.40. The van der Waals surface area contributed by atoms with E-state index in [4.69, 9.17) is 0 Å². The molecule has 0 bridgehead atoms. The first-order valence-electron chi connectivity index (χ1n) is 10.1. The summed E-state index contributed by atoms with van der Waals surface area (Å²) in [6.45, 7) is 13.2. The van der Waals surface area contributed by atoms with Gasteiger partial charge in [0, 0.05) is 62.8 Å². The molecule has 1 aromatic carbocycles. The molecule has 30 heavy (non-hydrogen) atoms. The van der Waals surface area contributed by atoms with Crippen molar-refractivity contribution in [1.29, 1.82) is 0 Å². The van der Waals surface area contributed by atoms with Crippen molar-refractivity contribution in [3.05, 3.63) is 89.7 Å². The van der Waals surface area contributed by atoms with Gasteiger partial charge in [-0.15, -0.1) is 0 Å². The molecule has 1 saturated heterocycles. The number of amides is 1. The van der Waals surface area contributed by atoms with Crippen molar-refractivity contribution >= 4 is 17.4 Å². The van der Waals surface area contributed by atoms with Crippen molar-refractivity contribution in [1.82, 2.24) is 9.80 Å². The van der Waals surface area contributed by atoms with Gasteiger partial charge in [-0.2, -0.15) is 0 Å². The van der Waals surface area contributed by atoms with Crippen molar-refractivity contribution in [2.24, 2.45) is 0 Å². The van der Waals surface area contributed by atoms with Crippen molar-refractivity contribution in [2.75, 3.05) is 45.2 Å². The molecular formula is C25H29N3O2. The summed E-state index contributed by atoms with van der Waals surface area (Å²) in [5.74, 6) is -0.0792.